The molecule has 0 fully saturated rings. The first-order chi connectivity index (χ1) is 9.97. The fourth-order valence-electron chi connectivity index (χ4n) is 1.75. The summed E-state index contributed by atoms with van der Waals surface area (Å²) in [7, 11) is 0. The monoisotopic (exact) mass is 288 g/mol. The van der Waals surface area contributed by atoms with E-state index in [4.69, 9.17) is 0 Å². The van der Waals surface area contributed by atoms with Crippen LogP contribution >= 0.6 is 0 Å². The Kier molecular flexibility index (Phi) is 4.18. The zero-order valence-corrected chi connectivity index (χ0v) is 11.2. The van der Waals surface area contributed by atoms with Gasteiger partial charge in [-0.1, -0.05) is 0 Å². The van der Waals surface area contributed by atoms with E-state index >= 15 is 0 Å². The quantitative estimate of drug-likeness (QED) is 0.598. The molecule has 2 aromatic carbocycles. The van der Waals surface area contributed by atoms with Gasteiger partial charge in [0.05, 0.1) is 6.21 Å². The Morgan fingerprint density at radius 3 is 2.52 bits per heavy atom. The van der Waals surface area contributed by atoms with Crippen LogP contribution in [-0.2, 0) is 0 Å². The number of aromatic hydroxyl groups is 2. The Balaban J connectivity index is 2.09. The molecule has 108 valence electrons. The highest BCUT2D eigenvalue weighted by molar-refractivity contribution is 5.95. The van der Waals surface area contributed by atoms with Crippen LogP contribution in [0.25, 0.3) is 0 Å². The molecular weight excluding hydrogens is 275 g/mol. The van der Waals surface area contributed by atoms with Crippen LogP contribution in [0.5, 0.6) is 11.5 Å². The van der Waals surface area contributed by atoms with E-state index < -0.39 is 11.7 Å². The van der Waals surface area contributed by atoms with Crippen molar-refractivity contribution in [2.24, 2.45) is 5.10 Å². The number of rotatable bonds is 3. The third-order valence-corrected chi connectivity index (χ3v) is 2.82. The van der Waals surface area contributed by atoms with Crippen LogP contribution in [0, 0.1) is 12.7 Å². The summed E-state index contributed by atoms with van der Waals surface area (Å²) in [6.07, 6.45) is 1.27. The number of halogens is 1. The largest absolute Gasteiger partial charge is 0.508 e. The van der Waals surface area contributed by atoms with Crippen molar-refractivity contribution in [1.29, 1.82) is 0 Å². The minimum Gasteiger partial charge on any atom is -0.508 e. The summed E-state index contributed by atoms with van der Waals surface area (Å²) in [5, 5.41) is 22.7. The van der Waals surface area contributed by atoms with E-state index in [1.807, 2.05) is 0 Å². The average molecular weight is 288 g/mol. The van der Waals surface area contributed by atoms with Crippen molar-refractivity contribution in [3.05, 3.63) is 58.9 Å². The standard InChI is InChI=1S/C15H13FN2O3/c1-9-6-12(19)7-14(20)13(9)8-17-18-15(21)10-2-4-11(16)5-3-10/h2-8,19-20H,1H3,(H,18,21)/b17-8-. The zero-order valence-electron chi connectivity index (χ0n) is 11.2. The molecule has 21 heavy (non-hydrogen) atoms. The maximum absolute atomic E-state index is 12.7. The summed E-state index contributed by atoms with van der Waals surface area (Å²) in [4.78, 5) is 11.7. The first kappa shape index (κ1) is 14.5. The smallest absolute Gasteiger partial charge is 0.271 e. The van der Waals surface area contributed by atoms with Gasteiger partial charge < -0.3 is 10.2 Å². The third-order valence-electron chi connectivity index (χ3n) is 2.82. The molecule has 0 spiro atoms. The maximum atomic E-state index is 12.7. The number of benzene rings is 2. The Hall–Kier alpha value is -2.89. The zero-order chi connectivity index (χ0) is 15.4. The van der Waals surface area contributed by atoms with Gasteiger partial charge in [0.1, 0.15) is 17.3 Å². The number of carbonyl (C=O) groups is 1. The molecule has 5 nitrogen and oxygen atoms in total. The number of phenols is 2. The van der Waals surface area contributed by atoms with Crippen molar-refractivity contribution < 1.29 is 19.4 Å². The normalized spacial score (nSPS) is 10.8. The summed E-state index contributed by atoms with van der Waals surface area (Å²) < 4.78 is 12.7. The summed E-state index contributed by atoms with van der Waals surface area (Å²) in [6, 6.07) is 7.66. The van der Waals surface area contributed by atoms with Crippen LogP contribution in [-0.4, -0.2) is 22.3 Å². The molecule has 0 aromatic heterocycles. The van der Waals surface area contributed by atoms with Gasteiger partial charge in [0, 0.05) is 17.2 Å². The van der Waals surface area contributed by atoms with E-state index in [0.29, 0.717) is 11.1 Å². The Morgan fingerprint density at radius 2 is 1.90 bits per heavy atom. The SMILES string of the molecule is Cc1cc(O)cc(O)c1/C=N\NC(=O)c1ccc(F)cc1. The van der Waals surface area contributed by atoms with Crippen LogP contribution in [0.3, 0.4) is 0 Å². The van der Waals surface area contributed by atoms with Crippen molar-refractivity contribution in [2.45, 2.75) is 6.92 Å². The number of hydrogen-bond acceptors (Lipinski definition) is 4. The van der Waals surface area contributed by atoms with Gasteiger partial charge in [-0.15, -0.1) is 0 Å². The van der Waals surface area contributed by atoms with Gasteiger partial charge in [-0.2, -0.15) is 5.10 Å². The number of amides is 1. The van der Waals surface area contributed by atoms with Crippen LogP contribution in [0.15, 0.2) is 41.5 Å². The number of carbonyl (C=O) groups excluding carboxylic acids is 1. The van der Waals surface area contributed by atoms with Gasteiger partial charge in [-0.05, 0) is 42.8 Å². The first-order valence-corrected chi connectivity index (χ1v) is 6.09. The maximum Gasteiger partial charge on any atom is 0.271 e. The Bertz CT molecular complexity index is 674. The molecule has 0 bridgehead atoms. The molecule has 0 unspecified atom stereocenters. The van der Waals surface area contributed by atoms with E-state index in [-0.39, 0.29) is 17.1 Å². The topological polar surface area (TPSA) is 81.9 Å². The molecule has 0 saturated heterocycles. The predicted molar refractivity (Wildman–Crippen MR) is 76.0 cm³/mol. The molecule has 0 atom stereocenters. The van der Waals surface area contributed by atoms with Crippen molar-refractivity contribution in [2.75, 3.05) is 0 Å². The minimum absolute atomic E-state index is 0.0579. The fraction of sp³-hybridized carbons (Fsp3) is 0.0667. The summed E-state index contributed by atoms with van der Waals surface area (Å²) in [5.41, 5.74) is 3.52. The van der Waals surface area contributed by atoms with Crippen LogP contribution < -0.4 is 5.43 Å². The highest BCUT2D eigenvalue weighted by Gasteiger charge is 2.06. The predicted octanol–water partition coefficient (Wildman–Crippen LogP) is 2.31. The van der Waals surface area contributed by atoms with E-state index in [1.54, 1.807) is 6.92 Å². The number of phenolic OH excluding ortho intramolecular Hbond substituents is 2. The summed E-state index contributed by atoms with van der Waals surface area (Å²) in [6.45, 7) is 1.68. The number of hydrazone groups is 1. The lowest BCUT2D eigenvalue weighted by atomic mass is 10.1. The first-order valence-electron chi connectivity index (χ1n) is 6.09. The Morgan fingerprint density at radius 1 is 1.24 bits per heavy atom. The van der Waals surface area contributed by atoms with Gasteiger partial charge >= 0.3 is 0 Å². The van der Waals surface area contributed by atoms with Gasteiger partial charge in [-0.3, -0.25) is 4.79 Å². The van der Waals surface area contributed by atoms with Gasteiger partial charge in [-0.25, -0.2) is 9.82 Å². The lowest BCUT2D eigenvalue weighted by Crippen LogP contribution is -2.17. The van der Waals surface area contributed by atoms with Crippen molar-refractivity contribution in [3.63, 3.8) is 0 Å². The lowest BCUT2D eigenvalue weighted by molar-refractivity contribution is 0.0955. The van der Waals surface area contributed by atoms with E-state index in [1.165, 1.54) is 42.6 Å². The molecular formula is C15H13FN2O3. The molecule has 3 N–H and O–H groups in total. The molecule has 0 saturated carbocycles. The number of nitrogens with zero attached hydrogens (tertiary/aromatic N) is 1. The summed E-state index contributed by atoms with van der Waals surface area (Å²) >= 11 is 0. The average Bonchev–Trinajstić information content (AvgIpc) is 2.42. The van der Waals surface area contributed by atoms with Crippen LogP contribution in [0.1, 0.15) is 21.5 Å². The molecule has 6 heteroatoms. The number of nitrogens with one attached hydrogen (secondary N) is 1. The second-order valence-electron chi connectivity index (χ2n) is 4.40. The van der Waals surface area contributed by atoms with Gasteiger partial charge in [0.2, 0.25) is 0 Å². The minimum atomic E-state index is -0.498. The van der Waals surface area contributed by atoms with Crippen LogP contribution in [0.2, 0.25) is 0 Å². The highest BCUT2D eigenvalue weighted by Crippen LogP contribution is 2.24. The van der Waals surface area contributed by atoms with Crippen molar-refractivity contribution >= 4 is 12.1 Å². The van der Waals surface area contributed by atoms with Gasteiger partial charge in [0.15, 0.2) is 0 Å². The second kappa shape index (κ2) is 6.04. The molecule has 0 aliphatic carbocycles. The van der Waals surface area contributed by atoms with Gasteiger partial charge in [0.25, 0.3) is 5.91 Å². The van der Waals surface area contributed by atoms with E-state index in [9.17, 15) is 19.4 Å². The molecule has 0 aliphatic heterocycles. The van der Waals surface area contributed by atoms with Crippen molar-refractivity contribution in [3.8, 4) is 11.5 Å². The third kappa shape index (κ3) is 3.56. The summed E-state index contributed by atoms with van der Waals surface area (Å²) in [5.74, 6) is -1.13. The second-order valence-corrected chi connectivity index (χ2v) is 4.40. The molecule has 0 radical (unpaired) electrons. The Labute approximate surface area is 120 Å². The molecule has 2 rings (SSSR count). The number of hydrogen-bond donors (Lipinski definition) is 3. The van der Waals surface area contributed by atoms with E-state index in [2.05, 4.69) is 10.5 Å². The highest BCUT2D eigenvalue weighted by atomic mass is 19.1. The fourth-order valence-corrected chi connectivity index (χ4v) is 1.75. The lowest BCUT2D eigenvalue weighted by Gasteiger charge is -2.04. The number of aryl methyl sites for hydroxylation is 1. The molecule has 2 aromatic rings. The van der Waals surface area contributed by atoms with Crippen LogP contribution in [0.4, 0.5) is 4.39 Å². The molecule has 1 amide bonds. The van der Waals surface area contributed by atoms with Crippen molar-refractivity contribution in [1.82, 2.24) is 5.43 Å². The molecule has 0 heterocycles. The molecule has 0 aliphatic rings. The van der Waals surface area contributed by atoms with E-state index in [0.717, 1.165) is 0 Å².